The number of hydrogen-bond acceptors (Lipinski definition) is 2. The molecule has 20 heavy (non-hydrogen) atoms. The Bertz CT molecular complexity index is 374. The summed E-state index contributed by atoms with van der Waals surface area (Å²) in [5.74, 6) is 0. The van der Waals surface area contributed by atoms with E-state index >= 15 is 0 Å². The number of fused-ring (bicyclic) bond motifs is 2. The van der Waals surface area contributed by atoms with E-state index in [-0.39, 0.29) is 0 Å². The zero-order chi connectivity index (χ0) is 14.5. The molecule has 1 aromatic carbocycles. The van der Waals surface area contributed by atoms with E-state index in [0.717, 1.165) is 18.6 Å². The number of benzene rings is 1. The fourth-order valence-corrected chi connectivity index (χ4v) is 3.50. The second-order valence-electron chi connectivity index (χ2n) is 6.09. The Balaban J connectivity index is 0.000000704. The van der Waals surface area contributed by atoms with Gasteiger partial charge in [-0.15, -0.1) is 0 Å². The second-order valence-corrected chi connectivity index (χ2v) is 6.09. The highest BCUT2D eigenvalue weighted by Gasteiger charge is 2.40. The molecule has 0 N–H and O–H groups in total. The minimum atomic E-state index is 0.701. The van der Waals surface area contributed by atoms with Gasteiger partial charge in [0.2, 0.25) is 0 Å². The molecule has 2 aliphatic rings. The highest BCUT2D eigenvalue weighted by atomic mass is 15.3. The van der Waals surface area contributed by atoms with Gasteiger partial charge in [0, 0.05) is 37.8 Å². The molecule has 0 aliphatic carbocycles. The number of rotatable bonds is 3. The summed E-state index contributed by atoms with van der Waals surface area (Å²) >= 11 is 0. The summed E-state index contributed by atoms with van der Waals surface area (Å²) in [5, 5.41) is 0. The van der Waals surface area contributed by atoms with E-state index < -0.39 is 0 Å². The lowest BCUT2D eigenvalue weighted by Gasteiger charge is -2.42. The van der Waals surface area contributed by atoms with E-state index in [1.54, 1.807) is 0 Å². The van der Waals surface area contributed by atoms with Crippen LogP contribution in [0, 0.1) is 0 Å². The van der Waals surface area contributed by atoms with Gasteiger partial charge in [-0.1, -0.05) is 44.2 Å². The van der Waals surface area contributed by atoms with Crippen molar-refractivity contribution in [2.75, 3.05) is 13.1 Å². The third-order valence-electron chi connectivity index (χ3n) is 4.60. The average molecular weight is 274 g/mol. The first-order chi connectivity index (χ1) is 9.74. The maximum atomic E-state index is 2.74. The summed E-state index contributed by atoms with van der Waals surface area (Å²) in [6.45, 7) is 12.3. The molecule has 2 aliphatic heterocycles. The van der Waals surface area contributed by atoms with Gasteiger partial charge < -0.3 is 0 Å². The lowest BCUT2D eigenvalue weighted by Crippen LogP contribution is -2.54. The molecule has 0 spiro atoms. The zero-order valence-corrected chi connectivity index (χ0v) is 13.5. The molecule has 0 radical (unpaired) electrons. The Labute approximate surface area is 124 Å². The summed E-state index contributed by atoms with van der Waals surface area (Å²) in [4.78, 5) is 5.40. The van der Waals surface area contributed by atoms with Crippen LogP contribution in [0.3, 0.4) is 0 Å². The highest BCUT2D eigenvalue weighted by Crippen LogP contribution is 2.32. The Morgan fingerprint density at radius 2 is 1.55 bits per heavy atom. The monoisotopic (exact) mass is 274 g/mol. The van der Waals surface area contributed by atoms with Gasteiger partial charge in [0.15, 0.2) is 0 Å². The van der Waals surface area contributed by atoms with Crippen molar-refractivity contribution in [3.8, 4) is 0 Å². The van der Waals surface area contributed by atoms with Crippen LogP contribution in [0.15, 0.2) is 30.3 Å². The summed E-state index contributed by atoms with van der Waals surface area (Å²) in [5.41, 5.74) is 1.47. The van der Waals surface area contributed by atoms with E-state index in [1.165, 1.54) is 31.5 Å². The molecular formula is C18H30N2. The predicted molar refractivity (Wildman–Crippen MR) is 86.9 cm³/mol. The quantitative estimate of drug-likeness (QED) is 0.828. The van der Waals surface area contributed by atoms with E-state index in [4.69, 9.17) is 0 Å². The third kappa shape index (κ3) is 3.42. The molecule has 1 aromatic rings. The molecule has 2 heteroatoms. The Morgan fingerprint density at radius 3 is 2.05 bits per heavy atom. The van der Waals surface area contributed by atoms with Crippen molar-refractivity contribution in [2.45, 2.75) is 65.2 Å². The van der Waals surface area contributed by atoms with Gasteiger partial charge in [0.1, 0.15) is 0 Å². The van der Waals surface area contributed by atoms with Crippen molar-refractivity contribution in [2.24, 2.45) is 0 Å². The lowest BCUT2D eigenvalue weighted by atomic mass is 10.1. The molecule has 0 amide bonds. The number of nitrogens with zero attached hydrogens (tertiary/aromatic N) is 2. The SMILES string of the molecule is CC.CC(C)N1CC2CCC(C1)N2Cc1ccccc1. The number of likely N-dealkylation sites (tertiary alicyclic amines) is 1. The van der Waals surface area contributed by atoms with Gasteiger partial charge in [-0.05, 0) is 32.3 Å². The molecule has 2 atom stereocenters. The fourth-order valence-electron chi connectivity index (χ4n) is 3.50. The summed E-state index contributed by atoms with van der Waals surface area (Å²) in [6, 6.07) is 13.2. The van der Waals surface area contributed by atoms with E-state index in [9.17, 15) is 0 Å². The Kier molecular flexibility index (Phi) is 5.62. The summed E-state index contributed by atoms with van der Waals surface area (Å²) < 4.78 is 0. The van der Waals surface area contributed by atoms with E-state index in [0.29, 0.717) is 6.04 Å². The van der Waals surface area contributed by atoms with Crippen LogP contribution in [0.2, 0.25) is 0 Å². The van der Waals surface area contributed by atoms with Crippen LogP contribution in [0.25, 0.3) is 0 Å². The largest absolute Gasteiger partial charge is 0.298 e. The molecule has 2 fully saturated rings. The van der Waals surface area contributed by atoms with Gasteiger partial charge in [0.25, 0.3) is 0 Å². The van der Waals surface area contributed by atoms with Crippen molar-refractivity contribution in [1.82, 2.24) is 9.80 Å². The van der Waals surface area contributed by atoms with Crippen molar-refractivity contribution in [3.05, 3.63) is 35.9 Å². The average Bonchev–Trinajstić information content (AvgIpc) is 2.72. The van der Waals surface area contributed by atoms with Crippen LogP contribution in [-0.2, 0) is 6.54 Å². The van der Waals surface area contributed by atoms with Crippen molar-refractivity contribution in [3.63, 3.8) is 0 Å². The zero-order valence-electron chi connectivity index (χ0n) is 13.5. The van der Waals surface area contributed by atoms with Crippen LogP contribution in [0.4, 0.5) is 0 Å². The third-order valence-corrected chi connectivity index (χ3v) is 4.60. The standard InChI is InChI=1S/C16H24N2.C2H6/c1-13(2)17-11-15-8-9-16(12-17)18(15)10-14-6-4-3-5-7-14;1-2/h3-7,13,15-16H,8-12H2,1-2H3;1-2H3. The second kappa shape index (κ2) is 7.24. The van der Waals surface area contributed by atoms with Gasteiger partial charge >= 0.3 is 0 Å². The van der Waals surface area contributed by atoms with Crippen LogP contribution in [-0.4, -0.2) is 41.0 Å². The highest BCUT2D eigenvalue weighted by molar-refractivity contribution is 5.15. The van der Waals surface area contributed by atoms with Crippen molar-refractivity contribution in [1.29, 1.82) is 0 Å². The smallest absolute Gasteiger partial charge is 0.0240 e. The minimum absolute atomic E-state index is 0.701. The van der Waals surface area contributed by atoms with Gasteiger partial charge in [-0.25, -0.2) is 0 Å². The van der Waals surface area contributed by atoms with Crippen molar-refractivity contribution >= 4 is 0 Å². The normalized spacial score (nSPS) is 26.4. The maximum Gasteiger partial charge on any atom is 0.0240 e. The molecule has 3 rings (SSSR count). The topological polar surface area (TPSA) is 6.48 Å². The molecule has 2 saturated heterocycles. The van der Waals surface area contributed by atoms with Crippen molar-refractivity contribution < 1.29 is 0 Å². The van der Waals surface area contributed by atoms with Crippen LogP contribution < -0.4 is 0 Å². The first-order valence-corrected chi connectivity index (χ1v) is 8.28. The van der Waals surface area contributed by atoms with Crippen LogP contribution >= 0.6 is 0 Å². The molecular weight excluding hydrogens is 244 g/mol. The van der Waals surface area contributed by atoms with Crippen LogP contribution in [0.1, 0.15) is 46.1 Å². The van der Waals surface area contributed by atoms with E-state index in [2.05, 4.69) is 54.0 Å². The number of hydrogen-bond donors (Lipinski definition) is 0. The van der Waals surface area contributed by atoms with Gasteiger partial charge in [-0.2, -0.15) is 0 Å². The van der Waals surface area contributed by atoms with Gasteiger partial charge in [-0.3, -0.25) is 9.80 Å². The first kappa shape index (κ1) is 15.5. The molecule has 0 saturated carbocycles. The number of piperazine rings is 1. The minimum Gasteiger partial charge on any atom is -0.298 e. The molecule has 2 bridgehead atoms. The molecule has 0 aromatic heterocycles. The summed E-state index contributed by atoms with van der Waals surface area (Å²) in [7, 11) is 0. The van der Waals surface area contributed by atoms with E-state index in [1.807, 2.05) is 13.8 Å². The summed E-state index contributed by atoms with van der Waals surface area (Å²) in [6.07, 6.45) is 2.78. The molecule has 2 unspecified atom stereocenters. The van der Waals surface area contributed by atoms with Crippen LogP contribution in [0.5, 0.6) is 0 Å². The van der Waals surface area contributed by atoms with Gasteiger partial charge in [0.05, 0.1) is 0 Å². The fraction of sp³-hybridized carbons (Fsp3) is 0.667. The maximum absolute atomic E-state index is 2.74. The molecule has 112 valence electrons. The molecule has 2 nitrogen and oxygen atoms in total. The Hall–Kier alpha value is -0.860. The first-order valence-electron chi connectivity index (χ1n) is 8.28. The molecule has 2 heterocycles. The lowest BCUT2D eigenvalue weighted by molar-refractivity contribution is 0.0442. The Morgan fingerprint density at radius 1 is 1.00 bits per heavy atom. The predicted octanol–water partition coefficient (Wildman–Crippen LogP) is 3.77.